The molecule has 0 saturated heterocycles. The van der Waals surface area contributed by atoms with Gasteiger partial charge in [0.2, 0.25) is 0 Å². The summed E-state index contributed by atoms with van der Waals surface area (Å²) in [5.41, 5.74) is 25.5. The first-order valence-electron chi connectivity index (χ1n) is 21.9. The van der Waals surface area contributed by atoms with Crippen molar-refractivity contribution in [1.82, 2.24) is 0 Å². The van der Waals surface area contributed by atoms with Crippen LogP contribution in [-0.4, -0.2) is 0 Å². The third-order valence-corrected chi connectivity index (χ3v) is 11.3. The molecule has 53 heavy (non-hydrogen) atoms. The highest BCUT2D eigenvalue weighted by Crippen LogP contribution is 2.24. The monoisotopic (exact) mass is 715 g/mol. The van der Waals surface area contributed by atoms with E-state index in [4.69, 9.17) is 11.5 Å². The highest BCUT2D eigenvalue weighted by atomic mass is 14.5. The summed E-state index contributed by atoms with van der Waals surface area (Å²) in [6, 6.07) is 31.6. The van der Waals surface area contributed by atoms with Crippen molar-refractivity contribution in [2.75, 3.05) is 11.5 Å². The molecule has 0 aliphatic carbocycles. The Bertz CT molecular complexity index is 1420. The van der Waals surface area contributed by atoms with E-state index in [9.17, 15) is 0 Å². The number of anilines is 2. The lowest BCUT2D eigenvalue weighted by molar-refractivity contribution is 0.578. The van der Waals surface area contributed by atoms with E-state index in [1.54, 1.807) is 11.1 Å². The van der Waals surface area contributed by atoms with Crippen LogP contribution in [0.4, 0.5) is 11.4 Å². The molecule has 0 aromatic heterocycles. The summed E-state index contributed by atoms with van der Waals surface area (Å²) < 4.78 is 0. The van der Waals surface area contributed by atoms with Crippen LogP contribution in [0.15, 0.2) is 84.9 Å². The van der Waals surface area contributed by atoms with Gasteiger partial charge in [-0.1, -0.05) is 171 Å². The number of benzene rings is 4. The molecule has 0 aliphatic heterocycles. The highest BCUT2D eigenvalue weighted by Gasteiger charge is 2.09. The summed E-state index contributed by atoms with van der Waals surface area (Å²) in [4.78, 5) is 0. The summed E-state index contributed by atoms with van der Waals surface area (Å²) >= 11 is 0. The van der Waals surface area contributed by atoms with Crippen LogP contribution in [0.1, 0.15) is 180 Å². The van der Waals surface area contributed by atoms with E-state index >= 15 is 0 Å². The second-order valence-corrected chi connectivity index (χ2v) is 16.1. The Morgan fingerprint density at radius 3 is 0.962 bits per heavy atom. The van der Waals surface area contributed by atoms with Gasteiger partial charge in [-0.15, -0.1) is 0 Å². The minimum absolute atomic E-state index is 0.844. The molecule has 4 N–H and O–H groups in total. The molecule has 0 saturated carbocycles. The van der Waals surface area contributed by atoms with E-state index in [1.165, 1.54) is 181 Å². The lowest BCUT2D eigenvalue weighted by Gasteiger charge is -2.13. The van der Waals surface area contributed by atoms with Gasteiger partial charge in [0.15, 0.2) is 0 Å². The number of unbranched alkanes of at least 4 members (excludes halogenated alkanes) is 16. The molecule has 0 unspecified atom stereocenters. The number of nitrogens with two attached hydrogens (primary N) is 2. The molecule has 0 fully saturated rings. The molecule has 0 bridgehead atoms. The molecule has 0 amide bonds. The zero-order chi connectivity index (χ0) is 37.4. The number of hydrogen-bond acceptors (Lipinski definition) is 2. The zero-order valence-corrected chi connectivity index (χ0v) is 33.9. The fourth-order valence-corrected chi connectivity index (χ4v) is 7.92. The largest absolute Gasteiger partial charge is 0.399 e. The summed E-state index contributed by atoms with van der Waals surface area (Å²) in [7, 11) is 0. The third-order valence-electron chi connectivity index (χ3n) is 11.3. The topological polar surface area (TPSA) is 52.0 Å². The average Bonchev–Trinajstić information content (AvgIpc) is 3.17. The predicted molar refractivity (Wildman–Crippen MR) is 234 cm³/mol. The van der Waals surface area contributed by atoms with Gasteiger partial charge >= 0.3 is 0 Å². The smallest absolute Gasteiger partial charge is 0.0314 e. The Balaban J connectivity index is 1.17. The van der Waals surface area contributed by atoms with Crippen LogP contribution >= 0.6 is 0 Å². The van der Waals surface area contributed by atoms with Gasteiger partial charge in [0.1, 0.15) is 0 Å². The lowest BCUT2D eigenvalue weighted by Crippen LogP contribution is -1.99. The molecule has 4 aromatic carbocycles. The molecule has 4 rings (SSSR count). The summed E-state index contributed by atoms with van der Waals surface area (Å²) in [6.45, 7) is 4.60. The third kappa shape index (κ3) is 17.0. The lowest BCUT2D eigenvalue weighted by atomic mass is 9.92. The Morgan fingerprint density at radius 1 is 0.302 bits per heavy atom. The molecule has 0 atom stereocenters. The van der Waals surface area contributed by atoms with Crippen LogP contribution in [0.2, 0.25) is 0 Å². The fourth-order valence-electron chi connectivity index (χ4n) is 7.92. The van der Waals surface area contributed by atoms with E-state index in [1.807, 2.05) is 24.3 Å². The average molecular weight is 715 g/mol. The minimum Gasteiger partial charge on any atom is -0.399 e. The summed E-state index contributed by atoms with van der Waals surface area (Å²) in [5, 5.41) is 0. The Hall–Kier alpha value is -3.52. The Labute approximate surface area is 325 Å². The molecule has 2 heteroatoms. The van der Waals surface area contributed by atoms with Gasteiger partial charge in [0.25, 0.3) is 0 Å². The van der Waals surface area contributed by atoms with E-state index in [0.717, 1.165) is 24.2 Å². The minimum atomic E-state index is 0.844. The van der Waals surface area contributed by atoms with E-state index < -0.39 is 0 Å². The molecule has 4 aromatic rings. The van der Waals surface area contributed by atoms with Crippen molar-refractivity contribution in [1.29, 1.82) is 0 Å². The maximum atomic E-state index is 5.96. The van der Waals surface area contributed by atoms with Gasteiger partial charge in [-0.2, -0.15) is 0 Å². The van der Waals surface area contributed by atoms with Gasteiger partial charge in [-0.3, -0.25) is 0 Å². The molecular weight excluding hydrogens is 641 g/mol. The fraction of sp³-hybridized carbons (Fsp3) is 0.529. The van der Waals surface area contributed by atoms with Gasteiger partial charge in [-0.25, -0.2) is 0 Å². The number of aryl methyl sites for hydroxylation is 4. The summed E-state index contributed by atoms with van der Waals surface area (Å²) in [5.74, 6) is 0. The van der Waals surface area contributed by atoms with Gasteiger partial charge < -0.3 is 11.5 Å². The molecule has 288 valence electrons. The van der Waals surface area contributed by atoms with Crippen molar-refractivity contribution in [2.45, 2.75) is 174 Å². The van der Waals surface area contributed by atoms with E-state index in [0.29, 0.717) is 0 Å². The van der Waals surface area contributed by atoms with Crippen molar-refractivity contribution < 1.29 is 0 Å². The van der Waals surface area contributed by atoms with Crippen LogP contribution in [0.5, 0.6) is 0 Å². The zero-order valence-electron chi connectivity index (χ0n) is 33.9. The Kier molecular flexibility index (Phi) is 20.3. The first kappa shape index (κ1) is 42.2. The van der Waals surface area contributed by atoms with Crippen LogP contribution in [0.3, 0.4) is 0 Å². The predicted octanol–water partition coefficient (Wildman–Crippen LogP) is 14.4. The number of hydrogen-bond donors (Lipinski definition) is 2. The van der Waals surface area contributed by atoms with Crippen LogP contribution < -0.4 is 11.5 Å². The molecular formula is C51H74N2. The van der Waals surface area contributed by atoms with Crippen LogP contribution in [-0.2, 0) is 38.5 Å². The van der Waals surface area contributed by atoms with Crippen LogP contribution in [0, 0.1) is 0 Å². The SMILES string of the molecule is CCCCCCCCc1cc(CCCCCCCCCc2ccc(Cc3ccc(N)cc3)c(CCCCCCCC)c2)ccc1Cc1ccc(N)cc1. The maximum absolute atomic E-state index is 5.96. The molecule has 2 nitrogen and oxygen atoms in total. The van der Waals surface area contributed by atoms with Gasteiger partial charge in [0.05, 0.1) is 0 Å². The quantitative estimate of drug-likeness (QED) is 0.0454. The van der Waals surface area contributed by atoms with Gasteiger partial charge in [-0.05, 0) is 133 Å². The molecule has 0 heterocycles. The maximum Gasteiger partial charge on any atom is 0.0314 e. The molecule has 0 spiro atoms. The second-order valence-electron chi connectivity index (χ2n) is 16.1. The van der Waals surface area contributed by atoms with Crippen molar-refractivity contribution in [3.05, 3.63) is 129 Å². The van der Waals surface area contributed by atoms with E-state index in [2.05, 4.69) is 74.5 Å². The second kappa shape index (κ2) is 25.5. The number of nitrogen functional groups attached to an aromatic ring is 2. The first-order chi connectivity index (χ1) is 26.0. The molecule has 0 radical (unpaired) electrons. The van der Waals surface area contributed by atoms with Gasteiger partial charge in [0, 0.05) is 11.4 Å². The molecule has 0 aliphatic rings. The van der Waals surface area contributed by atoms with Crippen molar-refractivity contribution in [3.8, 4) is 0 Å². The number of rotatable bonds is 28. The van der Waals surface area contributed by atoms with E-state index in [-0.39, 0.29) is 0 Å². The Morgan fingerprint density at radius 2 is 0.604 bits per heavy atom. The summed E-state index contributed by atoms with van der Waals surface area (Å²) in [6.07, 6.45) is 32.4. The van der Waals surface area contributed by atoms with Crippen molar-refractivity contribution in [3.63, 3.8) is 0 Å². The normalized spacial score (nSPS) is 11.4. The van der Waals surface area contributed by atoms with Crippen molar-refractivity contribution in [2.24, 2.45) is 0 Å². The first-order valence-corrected chi connectivity index (χ1v) is 21.9. The van der Waals surface area contributed by atoms with Crippen molar-refractivity contribution >= 4 is 11.4 Å². The standard InChI is InChI=1S/C51H74N2/c1-3-5-7-9-16-20-24-46-38-42(26-32-48(46)40-44-28-34-50(52)35-29-44)22-18-14-12-11-13-15-19-23-43-27-33-49(41-45-30-36-51(53)37-31-45)47(39-43)25-21-17-10-8-6-4-2/h26-39H,3-25,40-41,52-53H2,1-2H3. The highest BCUT2D eigenvalue weighted by molar-refractivity contribution is 5.43. The van der Waals surface area contributed by atoms with Crippen LogP contribution in [0.25, 0.3) is 0 Å².